The number of hydrogen-bond acceptors (Lipinski definition) is 2. The monoisotopic (exact) mass is 281 g/mol. The van der Waals surface area contributed by atoms with E-state index < -0.39 is 0 Å². The van der Waals surface area contributed by atoms with Gasteiger partial charge in [-0.1, -0.05) is 42.5 Å². The van der Waals surface area contributed by atoms with Crippen LogP contribution in [0, 0.1) is 0 Å². The van der Waals surface area contributed by atoms with E-state index in [-0.39, 0.29) is 11.5 Å². The van der Waals surface area contributed by atoms with Crippen molar-refractivity contribution in [1.82, 2.24) is 0 Å². The van der Waals surface area contributed by atoms with Crippen LogP contribution in [-0.4, -0.2) is 13.2 Å². The van der Waals surface area contributed by atoms with Crippen LogP contribution in [0.15, 0.2) is 54.6 Å². The molecule has 110 valence electrons. The molecule has 0 aliphatic heterocycles. The highest BCUT2D eigenvalue weighted by Gasteiger charge is 2.48. The van der Waals surface area contributed by atoms with E-state index in [1.807, 2.05) is 12.1 Å². The van der Waals surface area contributed by atoms with Crippen molar-refractivity contribution < 1.29 is 4.74 Å². The van der Waals surface area contributed by atoms with Crippen molar-refractivity contribution in [2.75, 3.05) is 7.11 Å². The van der Waals surface area contributed by atoms with Crippen molar-refractivity contribution in [3.63, 3.8) is 0 Å². The summed E-state index contributed by atoms with van der Waals surface area (Å²) in [5.74, 6) is 0.908. The molecule has 0 aromatic heterocycles. The van der Waals surface area contributed by atoms with Crippen LogP contribution in [-0.2, 0) is 11.8 Å². The zero-order valence-corrected chi connectivity index (χ0v) is 12.6. The molecule has 2 aromatic rings. The van der Waals surface area contributed by atoms with E-state index in [0.717, 1.165) is 18.6 Å². The maximum Gasteiger partial charge on any atom is 0.118 e. The topological polar surface area (TPSA) is 35.2 Å². The molecule has 3 rings (SSSR count). The molecule has 0 heterocycles. The van der Waals surface area contributed by atoms with E-state index in [0.29, 0.717) is 0 Å². The average Bonchev–Trinajstić information content (AvgIpc) is 3.36. The number of nitrogens with two attached hydrogens (primary N) is 1. The second-order valence-electron chi connectivity index (χ2n) is 6.02. The first-order valence-electron chi connectivity index (χ1n) is 7.69. The zero-order chi connectivity index (χ0) is 14.7. The van der Waals surface area contributed by atoms with Crippen molar-refractivity contribution in [2.24, 2.45) is 5.73 Å². The summed E-state index contributed by atoms with van der Waals surface area (Å²) in [5.41, 5.74) is 9.49. The first-order valence-corrected chi connectivity index (χ1v) is 7.69. The average molecular weight is 281 g/mol. The Labute approximate surface area is 126 Å². The Morgan fingerprint density at radius 3 is 2.29 bits per heavy atom. The van der Waals surface area contributed by atoms with Gasteiger partial charge >= 0.3 is 0 Å². The van der Waals surface area contributed by atoms with E-state index in [1.54, 1.807) is 7.11 Å². The number of hydrogen-bond donors (Lipinski definition) is 1. The van der Waals surface area contributed by atoms with Crippen LogP contribution in [0.5, 0.6) is 5.75 Å². The summed E-state index contributed by atoms with van der Waals surface area (Å²) in [7, 11) is 1.70. The van der Waals surface area contributed by atoms with Crippen molar-refractivity contribution in [3.8, 4) is 5.75 Å². The van der Waals surface area contributed by atoms with Gasteiger partial charge in [-0.3, -0.25) is 0 Å². The Morgan fingerprint density at radius 2 is 1.71 bits per heavy atom. The highest BCUT2D eigenvalue weighted by atomic mass is 16.5. The summed E-state index contributed by atoms with van der Waals surface area (Å²) in [4.78, 5) is 0. The summed E-state index contributed by atoms with van der Waals surface area (Å²) < 4.78 is 5.19. The van der Waals surface area contributed by atoms with E-state index in [4.69, 9.17) is 10.5 Å². The Bertz CT molecular complexity index is 572. The van der Waals surface area contributed by atoms with Crippen LogP contribution >= 0.6 is 0 Å². The maximum atomic E-state index is 6.53. The van der Waals surface area contributed by atoms with E-state index in [2.05, 4.69) is 42.5 Å². The number of benzene rings is 2. The smallest absolute Gasteiger partial charge is 0.118 e. The second kappa shape index (κ2) is 5.90. The Morgan fingerprint density at radius 1 is 1.05 bits per heavy atom. The minimum Gasteiger partial charge on any atom is -0.497 e. The van der Waals surface area contributed by atoms with Crippen molar-refractivity contribution in [1.29, 1.82) is 0 Å². The zero-order valence-electron chi connectivity index (χ0n) is 12.6. The van der Waals surface area contributed by atoms with Gasteiger partial charge in [-0.15, -0.1) is 0 Å². The van der Waals surface area contributed by atoms with E-state index in [9.17, 15) is 0 Å². The lowest BCUT2D eigenvalue weighted by Gasteiger charge is -2.24. The molecule has 1 aliphatic rings. The van der Waals surface area contributed by atoms with Gasteiger partial charge in [0.2, 0.25) is 0 Å². The van der Waals surface area contributed by atoms with Crippen LogP contribution in [0.1, 0.15) is 30.4 Å². The fourth-order valence-corrected chi connectivity index (χ4v) is 3.17. The number of aryl methyl sites for hydroxylation is 1. The van der Waals surface area contributed by atoms with E-state index >= 15 is 0 Å². The van der Waals surface area contributed by atoms with Crippen LogP contribution in [0.3, 0.4) is 0 Å². The minimum absolute atomic E-state index is 0.230. The number of methoxy groups -OCH3 is 1. The Balaban J connectivity index is 1.62. The standard InChI is InChI=1S/C19H23NO/c1-21-17-10-7-15(8-11-17)9-12-18(20)19(13-14-19)16-5-3-2-4-6-16/h2-8,10-11,18H,9,12-14,20H2,1H3. The third-order valence-electron chi connectivity index (χ3n) is 4.75. The largest absolute Gasteiger partial charge is 0.497 e. The molecule has 1 saturated carbocycles. The lowest BCUT2D eigenvalue weighted by Crippen LogP contribution is -2.35. The van der Waals surface area contributed by atoms with E-state index in [1.165, 1.54) is 24.0 Å². The minimum atomic E-state index is 0.230. The molecule has 0 saturated heterocycles. The lowest BCUT2D eigenvalue weighted by molar-refractivity contribution is 0.414. The molecule has 1 fully saturated rings. The molecule has 2 heteroatoms. The molecular weight excluding hydrogens is 258 g/mol. The maximum absolute atomic E-state index is 6.53. The van der Waals surface area contributed by atoms with Crippen molar-refractivity contribution in [2.45, 2.75) is 37.1 Å². The molecule has 21 heavy (non-hydrogen) atoms. The molecule has 2 N–H and O–H groups in total. The molecule has 2 nitrogen and oxygen atoms in total. The normalized spacial score (nSPS) is 17.2. The van der Waals surface area contributed by atoms with Gasteiger partial charge < -0.3 is 10.5 Å². The highest BCUT2D eigenvalue weighted by molar-refractivity contribution is 5.34. The molecule has 1 aliphatic carbocycles. The van der Waals surface area contributed by atoms with Gasteiger partial charge in [0.25, 0.3) is 0 Å². The second-order valence-corrected chi connectivity index (χ2v) is 6.02. The molecule has 0 amide bonds. The molecule has 0 spiro atoms. The van der Waals surface area contributed by atoms with Gasteiger partial charge in [0.15, 0.2) is 0 Å². The number of rotatable bonds is 6. The van der Waals surface area contributed by atoms with Crippen molar-refractivity contribution in [3.05, 3.63) is 65.7 Å². The fourth-order valence-electron chi connectivity index (χ4n) is 3.17. The van der Waals surface area contributed by atoms with Crippen molar-refractivity contribution >= 4 is 0 Å². The predicted octanol–water partition coefficient (Wildman–Crippen LogP) is 3.69. The first-order chi connectivity index (χ1) is 10.2. The van der Waals surface area contributed by atoms with Gasteiger partial charge in [-0.25, -0.2) is 0 Å². The molecule has 1 unspecified atom stereocenters. The molecular formula is C19H23NO. The highest BCUT2D eigenvalue weighted by Crippen LogP contribution is 2.51. The molecule has 2 aromatic carbocycles. The van der Waals surface area contributed by atoms with Gasteiger partial charge in [0.05, 0.1) is 7.11 Å². The molecule has 1 atom stereocenters. The SMILES string of the molecule is COc1ccc(CCC(N)C2(c3ccccc3)CC2)cc1. The van der Waals surface area contributed by atoms with Gasteiger partial charge in [0, 0.05) is 11.5 Å². The molecule has 0 bridgehead atoms. The van der Waals surface area contributed by atoms with Crippen LogP contribution in [0.2, 0.25) is 0 Å². The van der Waals surface area contributed by atoms with Crippen LogP contribution in [0.4, 0.5) is 0 Å². The van der Waals surface area contributed by atoms with Crippen LogP contribution < -0.4 is 10.5 Å². The lowest BCUT2D eigenvalue weighted by atomic mass is 9.85. The Hall–Kier alpha value is -1.80. The Kier molecular flexibility index (Phi) is 3.98. The number of ether oxygens (including phenoxy) is 1. The summed E-state index contributed by atoms with van der Waals surface area (Å²) >= 11 is 0. The van der Waals surface area contributed by atoms with Gasteiger partial charge in [-0.05, 0) is 48.9 Å². The quantitative estimate of drug-likeness (QED) is 0.876. The predicted molar refractivity (Wildman–Crippen MR) is 86.6 cm³/mol. The summed E-state index contributed by atoms with van der Waals surface area (Å²) in [6.07, 6.45) is 4.50. The third-order valence-corrected chi connectivity index (χ3v) is 4.75. The summed E-state index contributed by atoms with van der Waals surface area (Å²) in [6.45, 7) is 0. The summed E-state index contributed by atoms with van der Waals surface area (Å²) in [6, 6.07) is 19.3. The van der Waals surface area contributed by atoms with Gasteiger partial charge in [0.1, 0.15) is 5.75 Å². The van der Waals surface area contributed by atoms with Crippen LogP contribution in [0.25, 0.3) is 0 Å². The first kappa shape index (κ1) is 14.2. The van der Waals surface area contributed by atoms with Gasteiger partial charge in [-0.2, -0.15) is 0 Å². The summed E-state index contributed by atoms with van der Waals surface area (Å²) in [5, 5.41) is 0. The molecule has 0 radical (unpaired) electrons. The third kappa shape index (κ3) is 2.96. The fraction of sp³-hybridized carbons (Fsp3) is 0.368.